The highest BCUT2D eigenvalue weighted by Gasteiger charge is 2.11. The Balaban J connectivity index is 2.86. The molecule has 1 aromatic rings. The summed E-state index contributed by atoms with van der Waals surface area (Å²) in [5.41, 5.74) is 1.87. The minimum Gasteiger partial charge on any atom is -0.386 e. The Morgan fingerprint density at radius 1 is 1.77 bits per heavy atom. The largest absolute Gasteiger partial charge is 0.386 e. The molecular formula is C10H16N2O. The second-order valence-electron chi connectivity index (χ2n) is 3.08. The van der Waals surface area contributed by atoms with Gasteiger partial charge >= 0.3 is 0 Å². The number of rotatable bonds is 4. The number of nitrogens with zero attached hydrogens (tertiary/aromatic N) is 2. The van der Waals surface area contributed by atoms with E-state index in [9.17, 15) is 5.11 Å². The van der Waals surface area contributed by atoms with E-state index in [2.05, 4.69) is 11.7 Å². The number of hydrogen-bond acceptors (Lipinski definition) is 2. The SMILES string of the molecule is C=CCC(O)c1cc(CC)nn1C. The van der Waals surface area contributed by atoms with Gasteiger partial charge in [-0.05, 0) is 18.9 Å². The first-order valence-corrected chi connectivity index (χ1v) is 4.50. The summed E-state index contributed by atoms with van der Waals surface area (Å²) in [6.07, 6.45) is 2.70. The van der Waals surface area contributed by atoms with E-state index in [0.717, 1.165) is 17.8 Å². The van der Waals surface area contributed by atoms with Crippen LogP contribution in [0.3, 0.4) is 0 Å². The molecule has 3 nitrogen and oxygen atoms in total. The van der Waals surface area contributed by atoms with E-state index in [1.54, 1.807) is 10.8 Å². The molecule has 1 unspecified atom stereocenters. The molecule has 0 bridgehead atoms. The maximum atomic E-state index is 9.68. The summed E-state index contributed by atoms with van der Waals surface area (Å²) < 4.78 is 1.73. The highest BCUT2D eigenvalue weighted by Crippen LogP contribution is 2.17. The molecule has 0 aliphatic carbocycles. The quantitative estimate of drug-likeness (QED) is 0.714. The van der Waals surface area contributed by atoms with Crippen molar-refractivity contribution in [2.24, 2.45) is 7.05 Å². The van der Waals surface area contributed by atoms with E-state index in [0.29, 0.717) is 6.42 Å². The molecule has 0 radical (unpaired) electrons. The predicted molar refractivity (Wildman–Crippen MR) is 52.4 cm³/mol. The number of aryl methyl sites for hydroxylation is 2. The highest BCUT2D eigenvalue weighted by atomic mass is 16.3. The van der Waals surface area contributed by atoms with Crippen LogP contribution in [0, 0.1) is 0 Å². The monoisotopic (exact) mass is 180 g/mol. The fourth-order valence-corrected chi connectivity index (χ4v) is 1.31. The second-order valence-corrected chi connectivity index (χ2v) is 3.08. The van der Waals surface area contributed by atoms with Crippen molar-refractivity contribution in [3.05, 3.63) is 30.1 Å². The summed E-state index contributed by atoms with van der Waals surface area (Å²) in [5, 5.41) is 13.9. The van der Waals surface area contributed by atoms with Crippen LogP contribution in [-0.4, -0.2) is 14.9 Å². The second kappa shape index (κ2) is 4.23. The van der Waals surface area contributed by atoms with Crippen LogP contribution in [0.4, 0.5) is 0 Å². The molecule has 0 aliphatic rings. The zero-order valence-electron chi connectivity index (χ0n) is 8.20. The molecule has 13 heavy (non-hydrogen) atoms. The third-order valence-corrected chi connectivity index (χ3v) is 2.06. The van der Waals surface area contributed by atoms with Gasteiger partial charge in [-0.1, -0.05) is 13.0 Å². The normalized spacial score (nSPS) is 12.8. The van der Waals surface area contributed by atoms with Crippen molar-refractivity contribution in [1.82, 2.24) is 9.78 Å². The van der Waals surface area contributed by atoms with Gasteiger partial charge in [0.25, 0.3) is 0 Å². The van der Waals surface area contributed by atoms with E-state index in [4.69, 9.17) is 0 Å². The molecule has 0 fully saturated rings. The van der Waals surface area contributed by atoms with Crippen molar-refractivity contribution in [3.8, 4) is 0 Å². The fourth-order valence-electron chi connectivity index (χ4n) is 1.31. The standard InChI is InChI=1S/C10H16N2O/c1-4-6-10(13)9-7-8(5-2)11-12(9)3/h4,7,10,13H,1,5-6H2,2-3H3. The van der Waals surface area contributed by atoms with Gasteiger partial charge in [-0.15, -0.1) is 6.58 Å². The average molecular weight is 180 g/mol. The lowest BCUT2D eigenvalue weighted by atomic mass is 10.1. The van der Waals surface area contributed by atoms with Gasteiger partial charge in [-0.25, -0.2) is 0 Å². The molecule has 0 saturated carbocycles. The summed E-state index contributed by atoms with van der Waals surface area (Å²) in [6, 6.07) is 1.94. The van der Waals surface area contributed by atoms with Crippen molar-refractivity contribution in [2.45, 2.75) is 25.9 Å². The van der Waals surface area contributed by atoms with E-state index in [1.165, 1.54) is 0 Å². The van der Waals surface area contributed by atoms with Crippen molar-refractivity contribution >= 4 is 0 Å². The highest BCUT2D eigenvalue weighted by molar-refractivity contribution is 5.13. The molecule has 72 valence electrons. The predicted octanol–water partition coefficient (Wildman–Crippen LogP) is 1.59. The van der Waals surface area contributed by atoms with E-state index in [-0.39, 0.29) is 0 Å². The molecular weight excluding hydrogens is 164 g/mol. The van der Waals surface area contributed by atoms with E-state index in [1.807, 2.05) is 20.0 Å². The minimum atomic E-state index is -0.477. The molecule has 0 spiro atoms. The van der Waals surface area contributed by atoms with Gasteiger partial charge in [0.2, 0.25) is 0 Å². The van der Waals surface area contributed by atoms with Gasteiger partial charge in [-0.3, -0.25) is 4.68 Å². The number of aliphatic hydroxyl groups is 1. The number of hydrogen-bond donors (Lipinski definition) is 1. The van der Waals surface area contributed by atoms with Crippen LogP contribution in [0.1, 0.15) is 30.8 Å². The van der Waals surface area contributed by atoms with Gasteiger partial charge in [-0.2, -0.15) is 5.10 Å². The Morgan fingerprint density at radius 2 is 2.46 bits per heavy atom. The smallest absolute Gasteiger partial charge is 0.0990 e. The Labute approximate surface area is 78.7 Å². The first-order valence-electron chi connectivity index (χ1n) is 4.50. The lowest BCUT2D eigenvalue weighted by Crippen LogP contribution is -2.04. The molecule has 1 rings (SSSR count). The van der Waals surface area contributed by atoms with Crippen LogP contribution in [0.5, 0.6) is 0 Å². The molecule has 1 atom stereocenters. The maximum absolute atomic E-state index is 9.68. The molecule has 0 aromatic carbocycles. The fraction of sp³-hybridized carbons (Fsp3) is 0.500. The minimum absolute atomic E-state index is 0.477. The van der Waals surface area contributed by atoms with Crippen molar-refractivity contribution in [1.29, 1.82) is 0 Å². The van der Waals surface area contributed by atoms with Gasteiger partial charge in [0.15, 0.2) is 0 Å². The molecule has 1 aromatic heterocycles. The zero-order chi connectivity index (χ0) is 9.84. The summed E-state index contributed by atoms with van der Waals surface area (Å²) >= 11 is 0. The van der Waals surface area contributed by atoms with Crippen LogP contribution in [0.25, 0.3) is 0 Å². The van der Waals surface area contributed by atoms with E-state index >= 15 is 0 Å². The van der Waals surface area contributed by atoms with Crippen molar-refractivity contribution < 1.29 is 5.11 Å². The Kier molecular flexibility index (Phi) is 3.25. The first-order chi connectivity index (χ1) is 6.19. The third-order valence-electron chi connectivity index (χ3n) is 2.06. The Morgan fingerprint density at radius 3 is 2.92 bits per heavy atom. The van der Waals surface area contributed by atoms with E-state index < -0.39 is 6.10 Å². The zero-order valence-corrected chi connectivity index (χ0v) is 8.20. The van der Waals surface area contributed by atoms with Crippen LogP contribution in [0.2, 0.25) is 0 Å². The number of aromatic nitrogens is 2. The Hall–Kier alpha value is -1.09. The number of aliphatic hydroxyl groups excluding tert-OH is 1. The first kappa shape index (κ1) is 9.99. The van der Waals surface area contributed by atoms with Crippen molar-refractivity contribution in [2.75, 3.05) is 0 Å². The summed E-state index contributed by atoms with van der Waals surface area (Å²) in [4.78, 5) is 0. The van der Waals surface area contributed by atoms with Crippen molar-refractivity contribution in [3.63, 3.8) is 0 Å². The van der Waals surface area contributed by atoms with Gasteiger partial charge < -0.3 is 5.11 Å². The van der Waals surface area contributed by atoms with Gasteiger partial charge in [0.1, 0.15) is 0 Å². The summed E-state index contributed by atoms with van der Waals surface area (Å²) in [7, 11) is 1.85. The topological polar surface area (TPSA) is 38.1 Å². The molecule has 0 amide bonds. The average Bonchev–Trinajstić information content (AvgIpc) is 2.47. The lowest BCUT2D eigenvalue weighted by molar-refractivity contribution is 0.171. The van der Waals surface area contributed by atoms with Crippen LogP contribution in [0.15, 0.2) is 18.7 Å². The Bertz CT molecular complexity index is 291. The summed E-state index contributed by atoms with van der Waals surface area (Å²) in [5.74, 6) is 0. The molecule has 1 N–H and O–H groups in total. The molecule has 0 saturated heterocycles. The van der Waals surface area contributed by atoms with Gasteiger partial charge in [0, 0.05) is 7.05 Å². The maximum Gasteiger partial charge on any atom is 0.0990 e. The van der Waals surface area contributed by atoms with Crippen LogP contribution in [-0.2, 0) is 13.5 Å². The van der Waals surface area contributed by atoms with Crippen LogP contribution >= 0.6 is 0 Å². The lowest BCUT2D eigenvalue weighted by Gasteiger charge is -2.06. The third kappa shape index (κ3) is 2.18. The molecule has 3 heteroatoms. The van der Waals surface area contributed by atoms with Crippen LogP contribution < -0.4 is 0 Å². The summed E-state index contributed by atoms with van der Waals surface area (Å²) in [6.45, 7) is 5.64. The molecule has 0 aliphatic heterocycles. The van der Waals surface area contributed by atoms with Gasteiger partial charge in [0.05, 0.1) is 17.5 Å². The molecule has 1 heterocycles.